The summed E-state index contributed by atoms with van der Waals surface area (Å²) in [6.45, 7) is 1.16. The van der Waals surface area contributed by atoms with Gasteiger partial charge in [0.05, 0.1) is 19.1 Å². The number of carbonyl (C=O) groups is 1. The lowest BCUT2D eigenvalue weighted by atomic mass is 10.0. The highest BCUT2D eigenvalue weighted by Crippen LogP contribution is 2.34. The predicted molar refractivity (Wildman–Crippen MR) is 90.2 cm³/mol. The van der Waals surface area contributed by atoms with Crippen molar-refractivity contribution in [3.8, 4) is 0 Å². The first-order chi connectivity index (χ1) is 11.8. The number of methoxy groups -OCH3 is 1. The van der Waals surface area contributed by atoms with E-state index in [9.17, 15) is 18.0 Å². The van der Waals surface area contributed by atoms with E-state index in [1.165, 1.54) is 18.4 Å². The van der Waals surface area contributed by atoms with Crippen molar-refractivity contribution in [2.24, 2.45) is 11.0 Å². The minimum absolute atomic E-state index is 0.0122. The van der Waals surface area contributed by atoms with Crippen LogP contribution in [0.4, 0.5) is 13.2 Å². The van der Waals surface area contributed by atoms with Crippen LogP contribution < -0.4 is 0 Å². The van der Waals surface area contributed by atoms with Crippen LogP contribution in [0.2, 0.25) is 0 Å². The molecule has 0 bridgehead atoms. The Balaban J connectivity index is 2.56. The lowest BCUT2D eigenvalue weighted by molar-refractivity contribution is -0.171. The molecular weight excluding hydrogens is 355 g/mol. The molecule has 0 saturated carbocycles. The molecule has 0 saturated heterocycles. The molecule has 0 aliphatic heterocycles. The summed E-state index contributed by atoms with van der Waals surface area (Å²) in [6.07, 6.45) is -1.77. The van der Waals surface area contributed by atoms with Gasteiger partial charge < -0.3 is 4.74 Å². The maximum absolute atomic E-state index is 12.5. The Morgan fingerprint density at radius 2 is 2.08 bits per heavy atom. The average Bonchev–Trinajstić information content (AvgIpc) is 3.01. The number of rotatable bonds is 10. The first kappa shape index (κ1) is 21.3. The zero-order chi connectivity index (χ0) is 18.9. The zero-order valence-corrected chi connectivity index (χ0v) is 15.1. The van der Waals surface area contributed by atoms with E-state index in [4.69, 9.17) is 5.53 Å². The minimum Gasteiger partial charge on any atom is -0.469 e. The van der Waals surface area contributed by atoms with Gasteiger partial charge in [-0.2, -0.15) is 13.2 Å². The maximum Gasteiger partial charge on any atom is 0.391 e. The molecule has 1 aromatic rings. The first-order valence-electron chi connectivity index (χ1n) is 8.04. The van der Waals surface area contributed by atoms with Crippen LogP contribution >= 0.6 is 11.3 Å². The van der Waals surface area contributed by atoms with Crippen LogP contribution in [0.25, 0.3) is 10.4 Å². The van der Waals surface area contributed by atoms with Crippen molar-refractivity contribution in [1.29, 1.82) is 0 Å². The van der Waals surface area contributed by atoms with E-state index < -0.39 is 18.1 Å². The molecule has 1 heterocycles. The van der Waals surface area contributed by atoms with E-state index in [1.807, 2.05) is 12.1 Å². The van der Waals surface area contributed by atoms with Crippen LogP contribution in [0.3, 0.4) is 0 Å². The van der Waals surface area contributed by atoms with Crippen LogP contribution in [-0.2, 0) is 16.0 Å². The lowest BCUT2D eigenvalue weighted by Gasteiger charge is -2.16. The first-order valence-corrected chi connectivity index (χ1v) is 8.86. The molecule has 0 radical (unpaired) electrons. The van der Waals surface area contributed by atoms with Gasteiger partial charge in [-0.25, -0.2) is 0 Å². The Kier molecular flexibility index (Phi) is 8.78. The van der Waals surface area contributed by atoms with Gasteiger partial charge in [-0.1, -0.05) is 18.5 Å². The van der Waals surface area contributed by atoms with Gasteiger partial charge in [0.25, 0.3) is 0 Å². The maximum atomic E-state index is 12.5. The lowest BCUT2D eigenvalue weighted by Crippen LogP contribution is -2.19. The third-order valence-electron chi connectivity index (χ3n) is 3.91. The highest BCUT2D eigenvalue weighted by Gasteiger charge is 2.35. The van der Waals surface area contributed by atoms with Gasteiger partial charge in [0, 0.05) is 21.1 Å². The second kappa shape index (κ2) is 10.3. The molecule has 9 heteroatoms. The van der Waals surface area contributed by atoms with Gasteiger partial charge in [-0.15, -0.1) is 11.3 Å². The molecule has 0 aromatic carbocycles. The number of ether oxygens (including phenoxy) is 1. The van der Waals surface area contributed by atoms with Gasteiger partial charge in [0.1, 0.15) is 0 Å². The van der Waals surface area contributed by atoms with Crippen molar-refractivity contribution in [2.75, 3.05) is 7.11 Å². The van der Waals surface area contributed by atoms with Crippen molar-refractivity contribution < 1.29 is 22.7 Å². The Bertz CT molecular complexity index is 598. The number of halogens is 3. The third kappa shape index (κ3) is 7.79. The molecule has 2 unspecified atom stereocenters. The summed E-state index contributed by atoms with van der Waals surface area (Å²) in [5.41, 5.74) is 8.70. The summed E-state index contributed by atoms with van der Waals surface area (Å²) < 4.78 is 42.2. The van der Waals surface area contributed by atoms with Crippen molar-refractivity contribution in [1.82, 2.24) is 0 Å². The van der Waals surface area contributed by atoms with E-state index in [-0.39, 0.29) is 12.4 Å². The zero-order valence-electron chi connectivity index (χ0n) is 14.3. The van der Waals surface area contributed by atoms with E-state index >= 15 is 0 Å². The molecule has 5 nitrogen and oxygen atoms in total. The molecule has 0 aliphatic rings. The molecule has 0 fully saturated rings. The molecule has 1 rings (SSSR count). The highest BCUT2D eigenvalue weighted by atomic mass is 32.1. The quantitative estimate of drug-likeness (QED) is 0.218. The molecule has 25 heavy (non-hydrogen) atoms. The van der Waals surface area contributed by atoms with Crippen molar-refractivity contribution in [3.05, 3.63) is 32.3 Å². The van der Waals surface area contributed by atoms with Gasteiger partial charge in [0.15, 0.2) is 0 Å². The number of carbonyl (C=O) groups excluding carboxylic acids is 1. The Morgan fingerprint density at radius 1 is 1.36 bits per heavy atom. The molecule has 140 valence electrons. The van der Waals surface area contributed by atoms with E-state index in [0.29, 0.717) is 32.1 Å². The summed E-state index contributed by atoms with van der Waals surface area (Å²) >= 11 is 1.47. The van der Waals surface area contributed by atoms with Crippen molar-refractivity contribution in [2.45, 2.75) is 57.7 Å². The summed E-state index contributed by atoms with van der Waals surface area (Å²) in [5.74, 6) is -1.63. The van der Waals surface area contributed by atoms with Crippen molar-refractivity contribution in [3.63, 3.8) is 0 Å². The fourth-order valence-corrected chi connectivity index (χ4v) is 3.44. The van der Waals surface area contributed by atoms with E-state index in [2.05, 4.69) is 14.8 Å². The number of nitrogens with zero attached hydrogens (tertiary/aromatic N) is 3. The molecule has 2 atom stereocenters. The Hall–Kier alpha value is -1.73. The summed E-state index contributed by atoms with van der Waals surface area (Å²) in [7, 11) is 1.34. The molecular formula is C16H22F3N3O2S. The van der Waals surface area contributed by atoms with Gasteiger partial charge in [-0.05, 0) is 43.3 Å². The summed E-state index contributed by atoms with van der Waals surface area (Å²) in [4.78, 5) is 15.8. The number of thiophene rings is 1. The van der Waals surface area contributed by atoms with Crippen LogP contribution in [0.15, 0.2) is 17.2 Å². The molecule has 0 N–H and O–H groups in total. The Morgan fingerprint density at radius 3 is 2.68 bits per heavy atom. The van der Waals surface area contributed by atoms with E-state index in [0.717, 1.165) is 16.7 Å². The largest absolute Gasteiger partial charge is 0.469 e. The van der Waals surface area contributed by atoms with Crippen molar-refractivity contribution >= 4 is 17.3 Å². The van der Waals surface area contributed by atoms with Crippen LogP contribution in [0.5, 0.6) is 0 Å². The average molecular weight is 377 g/mol. The molecule has 0 aliphatic carbocycles. The van der Waals surface area contributed by atoms with E-state index in [1.54, 1.807) is 0 Å². The van der Waals surface area contributed by atoms with Gasteiger partial charge >= 0.3 is 12.1 Å². The number of aryl methyl sites for hydroxylation is 1. The standard InChI is InChI=1S/C16H22F3N3O2S/c1-11(16(17,18)19)5-3-7-13(21-22-20)14-10-9-12(25-14)6-4-8-15(23)24-2/h9-11,13H,3-8H2,1-2H3. The number of alkyl halides is 3. The summed E-state index contributed by atoms with van der Waals surface area (Å²) in [6, 6.07) is 3.28. The minimum atomic E-state index is -4.19. The second-order valence-electron chi connectivity index (χ2n) is 5.83. The summed E-state index contributed by atoms with van der Waals surface area (Å²) in [5, 5.41) is 3.72. The normalized spacial score (nSPS) is 13.8. The number of hydrogen-bond acceptors (Lipinski definition) is 4. The second-order valence-corrected chi connectivity index (χ2v) is 7.03. The molecule has 0 amide bonds. The highest BCUT2D eigenvalue weighted by molar-refractivity contribution is 7.12. The number of azide groups is 1. The molecule has 1 aromatic heterocycles. The Labute approximate surface area is 148 Å². The number of hydrogen-bond donors (Lipinski definition) is 0. The fraction of sp³-hybridized carbons (Fsp3) is 0.688. The topological polar surface area (TPSA) is 75.1 Å². The van der Waals surface area contributed by atoms with Gasteiger partial charge in [-0.3, -0.25) is 4.79 Å². The monoisotopic (exact) mass is 377 g/mol. The number of esters is 1. The third-order valence-corrected chi connectivity index (χ3v) is 5.15. The molecule has 0 spiro atoms. The predicted octanol–water partition coefficient (Wildman–Crippen LogP) is 5.96. The van der Waals surface area contributed by atoms with Crippen LogP contribution in [-0.4, -0.2) is 19.3 Å². The SMILES string of the molecule is COC(=O)CCCc1ccc(C(CCCC(C)C(F)(F)F)N=[N+]=[N-])s1. The van der Waals surface area contributed by atoms with Gasteiger partial charge in [0.2, 0.25) is 0 Å². The van der Waals surface area contributed by atoms with Crippen LogP contribution in [0.1, 0.15) is 54.8 Å². The fourth-order valence-electron chi connectivity index (χ4n) is 2.32. The smallest absolute Gasteiger partial charge is 0.391 e. The van der Waals surface area contributed by atoms with Crippen LogP contribution in [0, 0.1) is 5.92 Å².